The number of hydrogen-bond donors (Lipinski definition) is 0. The number of halogens is 3. The van der Waals surface area contributed by atoms with Gasteiger partial charge in [0.05, 0.1) is 17.6 Å². The molecule has 0 amide bonds. The number of alkyl halides is 1. The summed E-state index contributed by atoms with van der Waals surface area (Å²) in [5.74, 6) is 0.507. The number of aromatic nitrogens is 1. The van der Waals surface area contributed by atoms with E-state index in [4.69, 9.17) is 16.3 Å². The van der Waals surface area contributed by atoms with Crippen molar-refractivity contribution in [2.24, 2.45) is 0 Å². The number of pyridine rings is 1. The molecule has 6 heteroatoms. The van der Waals surface area contributed by atoms with Gasteiger partial charge in [0.15, 0.2) is 0 Å². The highest BCUT2D eigenvalue weighted by Crippen LogP contribution is 2.35. The van der Waals surface area contributed by atoms with Gasteiger partial charge in [-0.1, -0.05) is 27.5 Å². The maximum Gasteiger partial charge on any atom is 0.219 e. The van der Waals surface area contributed by atoms with E-state index in [2.05, 4.69) is 20.9 Å². The molecule has 0 spiro atoms. The first-order chi connectivity index (χ1) is 9.58. The number of ether oxygens (including phenoxy) is 1. The van der Waals surface area contributed by atoms with Crippen molar-refractivity contribution in [2.45, 2.75) is 12.7 Å². The van der Waals surface area contributed by atoms with Crippen molar-refractivity contribution in [3.8, 4) is 5.88 Å². The Morgan fingerprint density at radius 1 is 1.50 bits per heavy atom. The molecular formula is C14H13BrClFN2O. The molecule has 1 saturated heterocycles. The maximum absolute atomic E-state index is 12.9. The van der Waals surface area contributed by atoms with Crippen LogP contribution >= 0.6 is 27.5 Å². The third-order valence-corrected chi connectivity index (χ3v) is 4.35. The molecule has 0 bridgehead atoms. The van der Waals surface area contributed by atoms with E-state index in [-0.39, 0.29) is 0 Å². The lowest BCUT2D eigenvalue weighted by atomic mass is 10.1. The van der Waals surface area contributed by atoms with Crippen LogP contribution in [0.25, 0.3) is 10.9 Å². The molecule has 106 valence electrons. The van der Waals surface area contributed by atoms with Crippen LogP contribution in [-0.4, -0.2) is 36.3 Å². The SMILES string of the molecule is COc1nc2ccc(Br)cc2c(Cl)c1CN1CC(F)C1. The monoisotopic (exact) mass is 358 g/mol. The van der Waals surface area contributed by atoms with Crippen LogP contribution in [0, 0.1) is 0 Å². The normalized spacial score (nSPS) is 16.4. The third-order valence-electron chi connectivity index (χ3n) is 3.43. The van der Waals surface area contributed by atoms with E-state index in [1.54, 1.807) is 7.11 Å². The van der Waals surface area contributed by atoms with Gasteiger partial charge in [0.25, 0.3) is 0 Å². The minimum Gasteiger partial charge on any atom is -0.481 e. The van der Waals surface area contributed by atoms with Gasteiger partial charge >= 0.3 is 0 Å². The second-order valence-corrected chi connectivity index (χ2v) is 6.16. The van der Waals surface area contributed by atoms with Crippen LogP contribution in [0.1, 0.15) is 5.56 Å². The quantitative estimate of drug-likeness (QED) is 0.833. The summed E-state index contributed by atoms with van der Waals surface area (Å²) in [6, 6.07) is 5.73. The van der Waals surface area contributed by atoms with Crippen molar-refractivity contribution in [1.29, 1.82) is 0 Å². The van der Waals surface area contributed by atoms with Gasteiger partial charge in [-0.05, 0) is 18.2 Å². The minimum atomic E-state index is -0.734. The fraction of sp³-hybridized carbons (Fsp3) is 0.357. The van der Waals surface area contributed by atoms with Crippen LogP contribution < -0.4 is 4.74 Å². The average Bonchev–Trinajstić information content (AvgIpc) is 2.40. The highest BCUT2D eigenvalue weighted by Gasteiger charge is 2.28. The third kappa shape index (κ3) is 2.50. The molecule has 1 aliphatic heterocycles. The van der Waals surface area contributed by atoms with E-state index >= 15 is 0 Å². The van der Waals surface area contributed by atoms with Crippen molar-refractivity contribution < 1.29 is 9.13 Å². The molecule has 1 aromatic heterocycles. The Bertz CT molecular complexity index is 661. The molecule has 0 atom stereocenters. The van der Waals surface area contributed by atoms with E-state index in [0.717, 1.165) is 20.9 Å². The molecule has 0 N–H and O–H groups in total. The second-order valence-electron chi connectivity index (χ2n) is 4.87. The molecule has 0 unspecified atom stereocenters. The van der Waals surface area contributed by atoms with Gasteiger partial charge in [0, 0.05) is 35.1 Å². The van der Waals surface area contributed by atoms with Crippen molar-refractivity contribution >= 4 is 38.4 Å². The number of nitrogens with zero attached hydrogens (tertiary/aromatic N) is 2. The standard InChI is InChI=1S/C14H13BrClFN2O/c1-20-14-11(7-19-5-9(17)6-19)13(16)10-4-8(15)2-3-12(10)18-14/h2-4,9H,5-7H2,1H3. The summed E-state index contributed by atoms with van der Waals surface area (Å²) >= 11 is 9.93. The summed E-state index contributed by atoms with van der Waals surface area (Å²) in [6.07, 6.45) is -0.734. The van der Waals surface area contributed by atoms with Crippen LogP contribution in [0.4, 0.5) is 4.39 Å². The van der Waals surface area contributed by atoms with Crippen molar-refractivity contribution in [3.63, 3.8) is 0 Å². The molecule has 0 radical (unpaired) electrons. The first kappa shape index (κ1) is 14.0. The number of rotatable bonds is 3. The van der Waals surface area contributed by atoms with Gasteiger partial charge in [0.2, 0.25) is 5.88 Å². The van der Waals surface area contributed by atoms with E-state index in [0.29, 0.717) is 30.5 Å². The Morgan fingerprint density at radius 3 is 2.90 bits per heavy atom. The minimum absolute atomic E-state index is 0.440. The fourth-order valence-electron chi connectivity index (χ4n) is 2.38. The molecule has 3 rings (SSSR count). The van der Waals surface area contributed by atoms with Crippen molar-refractivity contribution in [1.82, 2.24) is 9.88 Å². The highest BCUT2D eigenvalue weighted by molar-refractivity contribution is 9.10. The van der Waals surface area contributed by atoms with Crippen LogP contribution in [0.2, 0.25) is 5.02 Å². The van der Waals surface area contributed by atoms with Gasteiger partial charge in [-0.25, -0.2) is 9.37 Å². The molecule has 1 fully saturated rings. The number of benzene rings is 1. The highest BCUT2D eigenvalue weighted by atomic mass is 79.9. The molecule has 3 nitrogen and oxygen atoms in total. The lowest BCUT2D eigenvalue weighted by molar-refractivity contribution is 0.0583. The predicted molar refractivity (Wildman–Crippen MR) is 81.2 cm³/mol. The first-order valence-electron chi connectivity index (χ1n) is 6.26. The van der Waals surface area contributed by atoms with Gasteiger partial charge < -0.3 is 4.74 Å². The van der Waals surface area contributed by atoms with E-state index < -0.39 is 6.17 Å². The lowest BCUT2D eigenvalue weighted by Gasteiger charge is -2.34. The molecule has 1 aliphatic rings. The van der Waals surface area contributed by atoms with Gasteiger partial charge in [-0.3, -0.25) is 4.90 Å². The lowest BCUT2D eigenvalue weighted by Crippen LogP contribution is -2.47. The molecule has 2 aromatic rings. The van der Waals surface area contributed by atoms with Gasteiger partial charge in [-0.2, -0.15) is 0 Å². The molecular weight excluding hydrogens is 347 g/mol. The Labute approximate surface area is 129 Å². The number of fused-ring (bicyclic) bond motifs is 1. The topological polar surface area (TPSA) is 25.4 Å². The van der Waals surface area contributed by atoms with Crippen molar-refractivity contribution in [3.05, 3.63) is 33.3 Å². The smallest absolute Gasteiger partial charge is 0.219 e. The maximum atomic E-state index is 12.9. The van der Waals surface area contributed by atoms with Gasteiger partial charge in [0.1, 0.15) is 6.17 Å². The Balaban J connectivity index is 2.06. The Kier molecular flexibility index (Phi) is 3.84. The zero-order valence-corrected chi connectivity index (χ0v) is 13.2. The average molecular weight is 360 g/mol. The zero-order chi connectivity index (χ0) is 14.3. The van der Waals surface area contributed by atoms with Crippen LogP contribution in [0.15, 0.2) is 22.7 Å². The van der Waals surface area contributed by atoms with Crippen LogP contribution in [-0.2, 0) is 6.54 Å². The number of likely N-dealkylation sites (tertiary alicyclic amines) is 1. The molecule has 0 saturated carbocycles. The fourth-order valence-corrected chi connectivity index (χ4v) is 3.03. The zero-order valence-electron chi connectivity index (χ0n) is 10.9. The summed E-state index contributed by atoms with van der Waals surface area (Å²) in [4.78, 5) is 6.46. The Hall–Kier alpha value is -0.910. The van der Waals surface area contributed by atoms with Crippen molar-refractivity contribution in [2.75, 3.05) is 20.2 Å². The largest absolute Gasteiger partial charge is 0.481 e. The summed E-state index contributed by atoms with van der Waals surface area (Å²) < 4.78 is 19.2. The molecule has 20 heavy (non-hydrogen) atoms. The molecule has 1 aromatic carbocycles. The number of hydrogen-bond acceptors (Lipinski definition) is 3. The van der Waals surface area contributed by atoms with E-state index in [1.165, 1.54) is 0 Å². The summed E-state index contributed by atoms with van der Waals surface area (Å²) in [7, 11) is 1.57. The molecule has 2 heterocycles. The molecule has 0 aliphatic carbocycles. The second kappa shape index (κ2) is 5.47. The predicted octanol–water partition coefficient (Wildman–Crippen LogP) is 3.81. The summed E-state index contributed by atoms with van der Waals surface area (Å²) in [5, 5.41) is 1.49. The van der Waals surface area contributed by atoms with Gasteiger partial charge in [-0.15, -0.1) is 0 Å². The Morgan fingerprint density at radius 2 is 2.25 bits per heavy atom. The van der Waals surface area contributed by atoms with E-state index in [1.807, 2.05) is 23.1 Å². The van der Waals surface area contributed by atoms with Crippen LogP contribution in [0.5, 0.6) is 5.88 Å². The summed E-state index contributed by atoms with van der Waals surface area (Å²) in [6.45, 7) is 1.43. The van der Waals surface area contributed by atoms with Crippen LogP contribution in [0.3, 0.4) is 0 Å². The first-order valence-corrected chi connectivity index (χ1v) is 7.43. The summed E-state index contributed by atoms with van der Waals surface area (Å²) in [5.41, 5.74) is 1.59. The number of methoxy groups -OCH3 is 1. The van der Waals surface area contributed by atoms with E-state index in [9.17, 15) is 4.39 Å².